The first-order valence-corrected chi connectivity index (χ1v) is 10.7. The summed E-state index contributed by atoms with van der Waals surface area (Å²) in [7, 11) is 0. The minimum Gasteiger partial charge on any atom is -0.490 e. The number of fused-ring (bicyclic) bond motifs is 1. The topological polar surface area (TPSA) is 96.7 Å². The maximum Gasteiger partial charge on any atom is 0.348 e. The van der Waals surface area contributed by atoms with Gasteiger partial charge in [-0.1, -0.05) is 32.0 Å². The Kier molecular flexibility index (Phi) is 7.41. The number of aryl methyl sites for hydroxylation is 1. The number of thiophene rings is 1. The first-order valence-electron chi connectivity index (χ1n) is 9.86. The molecule has 0 spiro atoms. The maximum absolute atomic E-state index is 12.8. The van der Waals surface area contributed by atoms with Crippen molar-refractivity contribution in [3.8, 4) is 5.75 Å². The fourth-order valence-corrected chi connectivity index (χ4v) is 3.82. The molecule has 3 aromatic rings. The maximum atomic E-state index is 12.8. The Morgan fingerprint density at radius 3 is 2.58 bits per heavy atom. The highest BCUT2D eigenvalue weighted by Gasteiger charge is 2.21. The Hall–Kier alpha value is -3.20. The van der Waals surface area contributed by atoms with Crippen molar-refractivity contribution < 1.29 is 23.8 Å². The van der Waals surface area contributed by atoms with E-state index in [9.17, 15) is 14.4 Å². The molecule has 0 atom stereocenters. The van der Waals surface area contributed by atoms with E-state index in [0.29, 0.717) is 33.0 Å². The van der Waals surface area contributed by atoms with Gasteiger partial charge < -0.3 is 14.2 Å². The lowest BCUT2D eigenvalue weighted by molar-refractivity contribution is -0.145. The largest absolute Gasteiger partial charge is 0.490 e. The van der Waals surface area contributed by atoms with E-state index < -0.39 is 17.5 Å². The normalized spacial score (nSPS) is 11.0. The lowest BCUT2D eigenvalue weighted by Gasteiger charge is -2.08. The second-order valence-corrected chi connectivity index (χ2v) is 8.29. The lowest BCUT2D eigenvalue weighted by atomic mass is 10.2. The molecule has 0 amide bonds. The molecule has 0 bridgehead atoms. The number of carbonyl (C=O) groups is 2. The summed E-state index contributed by atoms with van der Waals surface area (Å²) < 4.78 is 17.0. The Bertz CT molecular complexity index is 1120. The van der Waals surface area contributed by atoms with Crippen LogP contribution in [0.15, 0.2) is 41.5 Å². The van der Waals surface area contributed by atoms with Gasteiger partial charge in [-0.3, -0.25) is 14.2 Å². The summed E-state index contributed by atoms with van der Waals surface area (Å²) in [5, 5.41) is 0.309. The standard InChI is InChI=1S/C22H24N2O6S/c1-14(2)12-30-22(27)19-15(3)18-20(31-19)23-13-24(21(18)26)11-17(25)29-10-9-28-16-7-5-4-6-8-16/h4-8,13-14H,9-12H2,1-3H3. The predicted octanol–water partition coefficient (Wildman–Crippen LogP) is 3.20. The first-order chi connectivity index (χ1) is 14.9. The minimum absolute atomic E-state index is 0.0570. The minimum atomic E-state index is -0.579. The number of esters is 2. The molecule has 0 aliphatic carbocycles. The van der Waals surface area contributed by atoms with E-state index in [-0.39, 0.29) is 25.7 Å². The van der Waals surface area contributed by atoms with Crippen LogP contribution < -0.4 is 10.3 Å². The molecule has 0 aliphatic rings. The van der Waals surface area contributed by atoms with Crippen LogP contribution in [0.2, 0.25) is 0 Å². The SMILES string of the molecule is Cc1c(C(=O)OCC(C)C)sc2ncn(CC(=O)OCCOc3ccccc3)c(=O)c12. The monoisotopic (exact) mass is 444 g/mol. The zero-order valence-electron chi connectivity index (χ0n) is 17.6. The van der Waals surface area contributed by atoms with Crippen molar-refractivity contribution in [1.82, 2.24) is 9.55 Å². The highest BCUT2D eigenvalue weighted by atomic mass is 32.1. The van der Waals surface area contributed by atoms with Crippen molar-refractivity contribution in [3.05, 3.63) is 57.5 Å². The molecule has 0 N–H and O–H groups in total. The number of nitrogens with zero attached hydrogens (tertiary/aromatic N) is 2. The summed E-state index contributed by atoms with van der Waals surface area (Å²) in [6.07, 6.45) is 1.28. The second kappa shape index (κ2) is 10.2. The van der Waals surface area contributed by atoms with Gasteiger partial charge in [-0.05, 0) is 30.5 Å². The van der Waals surface area contributed by atoms with Crippen LogP contribution in [0.5, 0.6) is 5.75 Å². The molecule has 2 aromatic heterocycles. The van der Waals surface area contributed by atoms with Crippen LogP contribution in [-0.2, 0) is 20.8 Å². The summed E-state index contributed by atoms with van der Waals surface area (Å²) in [4.78, 5) is 42.3. The van der Waals surface area contributed by atoms with Gasteiger partial charge in [-0.2, -0.15) is 0 Å². The van der Waals surface area contributed by atoms with Gasteiger partial charge >= 0.3 is 11.9 Å². The van der Waals surface area contributed by atoms with Gasteiger partial charge in [-0.25, -0.2) is 9.78 Å². The second-order valence-electron chi connectivity index (χ2n) is 7.29. The Labute approximate surface area is 183 Å². The number of aromatic nitrogens is 2. The van der Waals surface area contributed by atoms with E-state index in [2.05, 4.69) is 4.98 Å². The van der Waals surface area contributed by atoms with Crippen LogP contribution in [0, 0.1) is 12.8 Å². The number of benzene rings is 1. The average molecular weight is 445 g/mol. The van der Waals surface area contributed by atoms with Crippen LogP contribution in [0.25, 0.3) is 10.2 Å². The summed E-state index contributed by atoms with van der Waals surface area (Å²) in [5.74, 6) is -0.166. The predicted molar refractivity (Wildman–Crippen MR) is 117 cm³/mol. The summed E-state index contributed by atoms with van der Waals surface area (Å²) in [6, 6.07) is 9.18. The smallest absolute Gasteiger partial charge is 0.348 e. The van der Waals surface area contributed by atoms with Crippen molar-refractivity contribution in [2.45, 2.75) is 27.3 Å². The molecule has 0 unspecified atom stereocenters. The van der Waals surface area contributed by atoms with Crippen molar-refractivity contribution in [1.29, 1.82) is 0 Å². The van der Waals surface area contributed by atoms with E-state index in [1.165, 1.54) is 10.9 Å². The zero-order valence-corrected chi connectivity index (χ0v) is 18.4. The fraction of sp³-hybridized carbons (Fsp3) is 0.364. The van der Waals surface area contributed by atoms with Gasteiger partial charge in [0.15, 0.2) is 0 Å². The lowest BCUT2D eigenvalue weighted by Crippen LogP contribution is -2.26. The molecule has 0 saturated carbocycles. The fourth-order valence-electron chi connectivity index (χ4n) is 2.79. The molecule has 0 aliphatic heterocycles. The highest BCUT2D eigenvalue weighted by molar-refractivity contribution is 7.20. The van der Waals surface area contributed by atoms with Crippen LogP contribution in [0.1, 0.15) is 29.1 Å². The van der Waals surface area contributed by atoms with Gasteiger partial charge in [-0.15, -0.1) is 11.3 Å². The Morgan fingerprint density at radius 2 is 1.87 bits per heavy atom. The quantitative estimate of drug-likeness (QED) is 0.369. The number of rotatable bonds is 9. The number of hydrogen-bond acceptors (Lipinski definition) is 8. The van der Waals surface area contributed by atoms with E-state index in [4.69, 9.17) is 14.2 Å². The number of carbonyl (C=O) groups excluding carboxylic acids is 2. The van der Waals surface area contributed by atoms with Crippen LogP contribution >= 0.6 is 11.3 Å². The van der Waals surface area contributed by atoms with Crippen LogP contribution in [0.4, 0.5) is 0 Å². The van der Waals surface area contributed by atoms with E-state index in [1.54, 1.807) is 19.1 Å². The molecule has 0 fully saturated rings. The third-order valence-electron chi connectivity index (χ3n) is 4.31. The summed E-state index contributed by atoms with van der Waals surface area (Å²) >= 11 is 1.11. The molecule has 0 radical (unpaired) electrons. The van der Waals surface area contributed by atoms with E-state index in [0.717, 1.165) is 11.3 Å². The van der Waals surface area contributed by atoms with E-state index >= 15 is 0 Å². The zero-order chi connectivity index (χ0) is 22.4. The molecule has 8 nitrogen and oxygen atoms in total. The van der Waals surface area contributed by atoms with Gasteiger partial charge in [0.05, 0.1) is 18.3 Å². The van der Waals surface area contributed by atoms with Gasteiger partial charge in [0.1, 0.15) is 35.2 Å². The molecule has 164 valence electrons. The van der Waals surface area contributed by atoms with Gasteiger partial charge in [0.2, 0.25) is 0 Å². The number of hydrogen-bond donors (Lipinski definition) is 0. The summed E-state index contributed by atoms with van der Waals surface area (Å²) in [5.41, 5.74) is 0.101. The van der Waals surface area contributed by atoms with E-state index in [1.807, 2.05) is 32.0 Å². The Balaban J connectivity index is 1.63. The molecule has 1 aromatic carbocycles. The molecule has 9 heteroatoms. The molecule has 0 saturated heterocycles. The third kappa shape index (κ3) is 5.69. The van der Waals surface area contributed by atoms with Crippen LogP contribution in [0.3, 0.4) is 0 Å². The third-order valence-corrected chi connectivity index (χ3v) is 5.49. The molecular formula is C22H24N2O6S. The molecular weight excluding hydrogens is 420 g/mol. The highest BCUT2D eigenvalue weighted by Crippen LogP contribution is 2.27. The van der Waals surface area contributed by atoms with Crippen molar-refractivity contribution in [2.75, 3.05) is 19.8 Å². The molecule has 3 rings (SSSR count). The van der Waals surface area contributed by atoms with Crippen LogP contribution in [-0.4, -0.2) is 41.3 Å². The molecule has 31 heavy (non-hydrogen) atoms. The average Bonchev–Trinajstić information content (AvgIpc) is 3.09. The molecule has 2 heterocycles. The summed E-state index contributed by atoms with van der Waals surface area (Å²) in [6.45, 7) is 5.84. The van der Waals surface area contributed by atoms with Gasteiger partial charge in [0.25, 0.3) is 5.56 Å². The number of para-hydroxylation sites is 1. The van der Waals surface area contributed by atoms with Gasteiger partial charge in [0, 0.05) is 0 Å². The van der Waals surface area contributed by atoms with Crippen molar-refractivity contribution in [2.24, 2.45) is 5.92 Å². The number of ether oxygens (including phenoxy) is 3. The Morgan fingerprint density at radius 1 is 1.13 bits per heavy atom. The first kappa shape index (κ1) is 22.5. The van der Waals surface area contributed by atoms with Crippen molar-refractivity contribution >= 4 is 33.5 Å². The van der Waals surface area contributed by atoms with Crippen molar-refractivity contribution in [3.63, 3.8) is 0 Å².